The van der Waals surface area contributed by atoms with Crippen LogP contribution in [-0.4, -0.2) is 5.16 Å². The Morgan fingerprint density at radius 1 is 1.27 bits per heavy atom. The van der Waals surface area contributed by atoms with Gasteiger partial charge in [-0.1, -0.05) is 36.3 Å². The lowest BCUT2D eigenvalue weighted by Crippen LogP contribution is -1.82. The molecule has 1 heterocycles. The average Bonchev–Trinajstić information content (AvgIpc) is 2.60. The van der Waals surface area contributed by atoms with Gasteiger partial charge in [0.1, 0.15) is 11.5 Å². The Balaban J connectivity index is 2.41. The SMILES string of the molecule is CCc1ccc(-c2noc(C)c2Br)cc1. The molecule has 1 aromatic heterocycles. The first-order valence-electron chi connectivity index (χ1n) is 4.93. The van der Waals surface area contributed by atoms with E-state index in [4.69, 9.17) is 4.52 Å². The van der Waals surface area contributed by atoms with Crippen LogP contribution in [0.25, 0.3) is 11.3 Å². The smallest absolute Gasteiger partial charge is 0.148 e. The van der Waals surface area contributed by atoms with Crippen molar-refractivity contribution in [1.29, 1.82) is 0 Å². The second kappa shape index (κ2) is 4.19. The van der Waals surface area contributed by atoms with Crippen molar-refractivity contribution < 1.29 is 4.52 Å². The Labute approximate surface area is 97.4 Å². The van der Waals surface area contributed by atoms with Gasteiger partial charge in [0.25, 0.3) is 0 Å². The minimum Gasteiger partial charge on any atom is -0.360 e. The van der Waals surface area contributed by atoms with Gasteiger partial charge < -0.3 is 4.52 Å². The van der Waals surface area contributed by atoms with Gasteiger partial charge in [-0.05, 0) is 34.8 Å². The fourth-order valence-corrected chi connectivity index (χ4v) is 1.81. The van der Waals surface area contributed by atoms with E-state index in [9.17, 15) is 0 Å². The van der Waals surface area contributed by atoms with E-state index in [1.54, 1.807) is 0 Å². The van der Waals surface area contributed by atoms with Gasteiger partial charge in [0.2, 0.25) is 0 Å². The molecule has 0 fully saturated rings. The number of benzene rings is 1. The van der Waals surface area contributed by atoms with Gasteiger partial charge in [-0.3, -0.25) is 0 Å². The highest BCUT2D eigenvalue weighted by Gasteiger charge is 2.11. The van der Waals surface area contributed by atoms with Gasteiger partial charge >= 0.3 is 0 Å². The van der Waals surface area contributed by atoms with Crippen molar-refractivity contribution >= 4 is 15.9 Å². The number of hydrogen-bond acceptors (Lipinski definition) is 2. The summed E-state index contributed by atoms with van der Waals surface area (Å²) in [6.45, 7) is 4.03. The van der Waals surface area contributed by atoms with Crippen molar-refractivity contribution in [2.75, 3.05) is 0 Å². The second-order valence-electron chi connectivity index (χ2n) is 3.45. The predicted molar refractivity (Wildman–Crippen MR) is 63.8 cm³/mol. The minimum absolute atomic E-state index is 0.810. The van der Waals surface area contributed by atoms with Crippen molar-refractivity contribution in [2.45, 2.75) is 20.3 Å². The lowest BCUT2D eigenvalue weighted by atomic mass is 10.1. The van der Waals surface area contributed by atoms with Crippen LogP contribution in [0, 0.1) is 6.92 Å². The molecule has 0 N–H and O–H groups in total. The Bertz CT molecular complexity index is 459. The molecule has 0 unspecified atom stereocenters. The largest absolute Gasteiger partial charge is 0.360 e. The first kappa shape index (κ1) is 10.4. The Morgan fingerprint density at radius 2 is 1.93 bits per heavy atom. The van der Waals surface area contributed by atoms with Gasteiger partial charge in [0.15, 0.2) is 0 Å². The Hall–Kier alpha value is -1.09. The molecule has 1 aromatic carbocycles. The molecule has 2 aromatic rings. The van der Waals surface area contributed by atoms with E-state index in [1.165, 1.54) is 5.56 Å². The van der Waals surface area contributed by atoms with E-state index in [0.29, 0.717) is 0 Å². The zero-order chi connectivity index (χ0) is 10.8. The maximum absolute atomic E-state index is 5.11. The highest BCUT2D eigenvalue weighted by Crippen LogP contribution is 2.29. The van der Waals surface area contributed by atoms with Crippen LogP contribution in [0.15, 0.2) is 33.3 Å². The summed E-state index contributed by atoms with van der Waals surface area (Å²) in [5.74, 6) is 0.810. The standard InChI is InChI=1S/C12H12BrNO/c1-3-9-4-6-10(7-5-9)12-11(13)8(2)15-14-12/h4-7H,3H2,1-2H3. The van der Waals surface area contributed by atoms with E-state index in [1.807, 2.05) is 6.92 Å². The maximum atomic E-state index is 5.11. The van der Waals surface area contributed by atoms with Gasteiger partial charge in [0.05, 0.1) is 4.47 Å². The van der Waals surface area contributed by atoms with Crippen molar-refractivity contribution in [3.63, 3.8) is 0 Å². The van der Waals surface area contributed by atoms with Crippen LogP contribution in [0.5, 0.6) is 0 Å². The third-order valence-corrected chi connectivity index (χ3v) is 3.36. The zero-order valence-corrected chi connectivity index (χ0v) is 10.3. The summed E-state index contributed by atoms with van der Waals surface area (Å²) in [6, 6.07) is 8.37. The van der Waals surface area contributed by atoms with E-state index >= 15 is 0 Å². The van der Waals surface area contributed by atoms with Crippen molar-refractivity contribution in [3.8, 4) is 11.3 Å². The number of halogens is 1. The second-order valence-corrected chi connectivity index (χ2v) is 4.24. The van der Waals surface area contributed by atoms with Crippen LogP contribution in [0.1, 0.15) is 18.2 Å². The van der Waals surface area contributed by atoms with Crippen LogP contribution in [0.4, 0.5) is 0 Å². The highest BCUT2D eigenvalue weighted by atomic mass is 79.9. The molecule has 78 valence electrons. The first-order chi connectivity index (χ1) is 7.22. The van der Waals surface area contributed by atoms with Crippen molar-refractivity contribution in [3.05, 3.63) is 40.1 Å². The molecule has 0 aliphatic heterocycles. The number of hydrogen-bond donors (Lipinski definition) is 0. The molecule has 2 rings (SSSR count). The summed E-state index contributed by atoms with van der Waals surface area (Å²) in [6.07, 6.45) is 1.05. The van der Waals surface area contributed by atoms with Crippen LogP contribution in [0.3, 0.4) is 0 Å². The fraction of sp³-hybridized carbons (Fsp3) is 0.250. The van der Waals surface area contributed by atoms with E-state index in [2.05, 4.69) is 52.3 Å². The topological polar surface area (TPSA) is 26.0 Å². The zero-order valence-electron chi connectivity index (χ0n) is 8.75. The van der Waals surface area contributed by atoms with Crippen molar-refractivity contribution in [1.82, 2.24) is 5.16 Å². The highest BCUT2D eigenvalue weighted by molar-refractivity contribution is 9.10. The Kier molecular flexibility index (Phi) is 2.91. The molecule has 0 saturated heterocycles. The van der Waals surface area contributed by atoms with Crippen molar-refractivity contribution in [2.24, 2.45) is 0 Å². The first-order valence-corrected chi connectivity index (χ1v) is 5.72. The number of rotatable bonds is 2. The Morgan fingerprint density at radius 3 is 2.40 bits per heavy atom. The monoisotopic (exact) mass is 265 g/mol. The molecule has 0 atom stereocenters. The summed E-state index contributed by atoms with van der Waals surface area (Å²) in [5, 5.41) is 4.02. The molecule has 0 aliphatic carbocycles. The lowest BCUT2D eigenvalue weighted by Gasteiger charge is -1.99. The number of nitrogens with zero attached hydrogens (tertiary/aromatic N) is 1. The molecule has 0 amide bonds. The summed E-state index contributed by atoms with van der Waals surface area (Å²) in [7, 11) is 0. The van der Waals surface area contributed by atoms with E-state index in [0.717, 1.165) is 27.9 Å². The van der Waals surface area contributed by atoms with Gasteiger partial charge in [-0.25, -0.2) is 0 Å². The normalized spacial score (nSPS) is 10.6. The molecule has 0 spiro atoms. The predicted octanol–water partition coefficient (Wildman–Crippen LogP) is 3.97. The molecule has 3 heteroatoms. The van der Waals surface area contributed by atoms with Crippen LogP contribution < -0.4 is 0 Å². The van der Waals surface area contributed by atoms with Gasteiger partial charge in [-0.15, -0.1) is 0 Å². The quantitative estimate of drug-likeness (QED) is 0.821. The van der Waals surface area contributed by atoms with Crippen LogP contribution >= 0.6 is 15.9 Å². The van der Waals surface area contributed by atoms with Crippen LogP contribution in [-0.2, 0) is 6.42 Å². The molecule has 0 aliphatic rings. The summed E-state index contributed by atoms with van der Waals surface area (Å²) < 4.78 is 6.05. The lowest BCUT2D eigenvalue weighted by molar-refractivity contribution is 0.399. The maximum Gasteiger partial charge on any atom is 0.148 e. The molecule has 2 nitrogen and oxygen atoms in total. The third-order valence-electron chi connectivity index (χ3n) is 2.43. The van der Waals surface area contributed by atoms with Gasteiger partial charge in [0, 0.05) is 5.56 Å². The molecule has 0 saturated carbocycles. The van der Waals surface area contributed by atoms with E-state index in [-0.39, 0.29) is 0 Å². The van der Waals surface area contributed by atoms with Crippen LogP contribution in [0.2, 0.25) is 0 Å². The summed E-state index contributed by atoms with van der Waals surface area (Å²) in [5.41, 5.74) is 3.28. The van der Waals surface area contributed by atoms with Gasteiger partial charge in [-0.2, -0.15) is 0 Å². The summed E-state index contributed by atoms with van der Waals surface area (Å²) >= 11 is 3.47. The molecular weight excluding hydrogens is 254 g/mol. The fourth-order valence-electron chi connectivity index (χ4n) is 1.44. The molecule has 0 radical (unpaired) electrons. The number of aryl methyl sites for hydroxylation is 2. The molecule has 15 heavy (non-hydrogen) atoms. The molecule has 0 bridgehead atoms. The van der Waals surface area contributed by atoms with E-state index < -0.39 is 0 Å². The minimum atomic E-state index is 0.810. The number of aromatic nitrogens is 1. The average molecular weight is 266 g/mol. The summed E-state index contributed by atoms with van der Waals surface area (Å²) in [4.78, 5) is 0. The third kappa shape index (κ3) is 1.97. The molecular formula is C12H12BrNO.